The average molecular weight is 248 g/mol. The Morgan fingerprint density at radius 1 is 1.24 bits per heavy atom. The van der Waals surface area contributed by atoms with Crippen molar-refractivity contribution in [1.82, 2.24) is 9.97 Å². The van der Waals surface area contributed by atoms with Gasteiger partial charge in [-0.15, -0.1) is 11.3 Å². The van der Waals surface area contributed by atoms with E-state index in [-0.39, 0.29) is 0 Å². The van der Waals surface area contributed by atoms with Gasteiger partial charge in [-0.05, 0) is 17.9 Å². The standard InChI is InChI=1S/C12H16N4S/c1-2-5-14-11-8-13-9-12(16-11)15-7-10-4-3-6-17-10/h3-4,6,8-9H,2,5,7H2,1H3,(H2,14,15,16). The lowest BCUT2D eigenvalue weighted by molar-refractivity contribution is 0.963. The van der Waals surface area contributed by atoms with Crippen molar-refractivity contribution >= 4 is 23.0 Å². The molecule has 2 aromatic rings. The second-order valence-corrected chi connectivity index (χ2v) is 4.68. The van der Waals surface area contributed by atoms with Crippen LogP contribution in [0.4, 0.5) is 11.6 Å². The Bertz CT molecular complexity index is 442. The molecule has 0 aliphatic carbocycles. The van der Waals surface area contributed by atoms with E-state index >= 15 is 0 Å². The molecule has 2 N–H and O–H groups in total. The predicted octanol–water partition coefficient (Wildman–Crippen LogP) is 2.97. The largest absolute Gasteiger partial charge is 0.369 e. The zero-order valence-corrected chi connectivity index (χ0v) is 10.6. The molecule has 0 aliphatic heterocycles. The summed E-state index contributed by atoms with van der Waals surface area (Å²) in [4.78, 5) is 9.87. The molecule has 90 valence electrons. The van der Waals surface area contributed by atoms with Crippen molar-refractivity contribution in [1.29, 1.82) is 0 Å². The molecule has 0 saturated heterocycles. The first kappa shape index (κ1) is 11.9. The highest BCUT2D eigenvalue weighted by Gasteiger charge is 1.98. The van der Waals surface area contributed by atoms with Crippen molar-refractivity contribution in [2.75, 3.05) is 17.2 Å². The zero-order valence-electron chi connectivity index (χ0n) is 9.81. The lowest BCUT2D eigenvalue weighted by Gasteiger charge is -2.07. The highest BCUT2D eigenvalue weighted by Crippen LogP contribution is 2.12. The van der Waals surface area contributed by atoms with Gasteiger partial charge in [-0.3, -0.25) is 4.98 Å². The number of hydrogen-bond acceptors (Lipinski definition) is 5. The highest BCUT2D eigenvalue weighted by molar-refractivity contribution is 7.09. The highest BCUT2D eigenvalue weighted by atomic mass is 32.1. The maximum absolute atomic E-state index is 4.43. The second kappa shape index (κ2) is 6.20. The lowest BCUT2D eigenvalue weighted by atomic mass is 10.4. The second-order valence-electron chi connectivity index (χ2n) is 3.65. The number of rotatable bonds is 6. The molecule has 0 fully saturated rings. The average Bonchev–Trinajstić information content (AvgIpc) is 2.87. The van der Waals surface area contributed by atoms with Gasteiger partial charge in [0.15, 0.2) is 0 Å². The van der Waals surface area contributed by atoms with E-state index in [1.807, 2.05) is 6.07 Å². The maximum atomic E-state index is 4.43. The molecule has 2 aromatic heterocycles. The van der Waals surface area contributed by atoms with Crippen molar-refractivity contribution < 1.29 is 0 Å². The molecule has 2 heterocycles. The van der Waals surface area contributed by atoms with Crippen molar-refractivity contribution in [3.05, 3.63) is 34.8 Å². The SMILES string of the molecule is CCCNc1cncc(NCc2cccs2)n1. The summed E-state index contributed by atoms with van der Waals surface area (Å²) in [6.45, 7) is 3.84. The first-order valence-corrected chi connectivity index (χ1v) is 6.58. The Morgan fingerprint density at radius 3 is 2.76 bits per heavy atom. The molecule has 0 amide bonds. The summed E-state index contributed by atoms with van der Waals surface area (Å²) in [5.41, 5.74) is 0. The van der Waals surface area contributed by atoms with Crippen LogP contribution < -0.4 is 10.6 Å². The first-order chi connectivity index (χ1) is 8.38. The smallest absolute Gasteiger partial charge is 0.147 e. The predicted molar refractivity (Wildman–Crippen MR) is 72.5 cm³/mol. The third-order valence-electron chi connectivity index (χ3n) is 2.21. The minimum absolute atomic E-state index is 0.795. The van der Waals surface area contributed by atoms with E-state index < -0.39 is 0 Å². The van der Waals surface area contributed by atoms with Crippen molar-refractivity contribution in [2.45, 2.75) is 19.9 Å². The Kier molecular flexibility index (Phi) is 4.32. The van der Waals surface area contributed by atoms with Gasteiger partial charge in [0.05, 0.1) is 18.9 Å². The Balaban J connectivity index is 1.91. The fourth-order valence-electron chi connectivity index (χ4n) is 1.38. The van der Waals surface area contributed by atoms with Crippen LogP contribution in [0.1, 0.15) is 18.2 Å². The number of thiophene rings is 1. The molecule has 0 unspecified atom stereocenters. The Hall–Kier alpha value is -1.62. The molecule has 0 spiro atoms. The van der Waals surface area contributed by atoms with Gasteiger partial charge in [-0.25, -0.2) is 4.98 Å². The summed E-state index contributed by atoms with van der Waals surface area (Å²) < 4.78 is 0. The van der Waals surface area contributed by atoms with Gasteiger partial charge in [0, 0.05) is 11.4 Å². The maximum Gasteiger partial charge on any atom is 0.147 e. The zero-order chi connectivity index (χ0) is 11.9. The molecular formula is C12H16N4S. The van der Waals surface area contributed by atoms with Gasteiger partial charge in [-0.2, -0.15) is 0 Å². The van der Waals surface area contributed by atoms with E-state index in [1.165, 1.54) is 4.88 Å². The summed E-state index contributed by atoms with van der Waals surface area (Å²) in [5.74, 6) is 1.63. The van der Waals surface area contributed by atoms with Crippen LogP contribution in [0.2, 0.25) is 0 Å². The summed E-state index contributed by atoms with van der Waals surface area (Å²) in [7, 11) is 0. The quantitative estimate of drug-likeness (QED) is 0.825. The monoisotopic (exact) mass is 248 g/mol. The molecule has 4 nitrogen and oxygen atoms in total. The van der Waals surface area contributed by atoms with Crippen molar-refractivity contribution in [3.63, 3.8) is 0 Å². The molecule has 2 rings (SSSR count). The molecule has 0 saturated carbocycles. The third kappa shape index (κ3) is 3.71. The van der Waals surface area contributed by atoms with Gasteiger partial charge in [0.25, 0.3) is 0 Å². The molecule has 0 atom stereocenters. The van der Waals surface area contributed by atoms with Gasteiger partial charge in [0.1, 0.15) is 11.6 Å². The number of aromatic nitrogens is 2. The number of nitrogens with one attached hydrogen (secondary N) is 2. The minimum Gasteiger partial charge on any atom is -0.369 e. The van der Waals surface area contributed by atoms with Gasteiger partial charge < -0.3 is 10.6 Å². The van der Waals surface area contributed by atoms with Crippen LogP contribution in [0.5, 0.6) is 0 Å². The lowest BCUT2D eigenvalue weighted by Crippen LogP contribution is -2.05. The van der Waals surface area contributed by atoms with E-state index in [1.54, 1.807) is 23.7 Å². The molecule has 0 bridgehead atoms. The van der Waals surface area contributed by atoms with Crippen LogP contribution in [0, 0.1) is 0 Å². The van der Waals surface area contributed by atoms with E-state index in [9.17, 15) is 0 Å². The fraction of sp³-hybridized carbons (Fsp3) is 0.333. The Morgan fingerprint density at radius 2 is 2.06 bits per heavy atom. The van der Waals surface area contributed by atoms with Gasteiger partial charge in [0.2, 0.25) is 0 Å². The van der Waals surface area contributed by atoms with E-state index in [0.29, 0.717) is 0 Å². The molecular weight excluding hydrogens is 232 g/mol. The summed E-state index contributed by atoms with van der Waals surface area (Å²) in [6.07, 6.45) is 4.56. The van der Waals surface area contributed by atoms with Crippen molar-refractivity contribution in [3.8, 4) is 0 Å². The molecule has 5 heteroatoms. The van der Waals surface area contributed by atoms with Crippen LogP contribution >= 0.6 is 11.3 Å². The Labute approximate surface area is 105 Å². The fourth-order valence-corrected chi connectivity index (χ4v) is 2.02. The van der Waals surface area contributed by atoms with Crippen LogP contribution in [-0.2, 0) is 6.54 Å². The topological polar surface area (TPSA) is 49.8 Å². The number of hydrogen-bond donors (Lipinski definition) is 2. The number of nitrogens with zero attached hydrogens (tertiary/aromatic N) is 2. The third-order valence-corrected chi connectivity index (χ3v) is 3.09. The van der Waals surface area contributed by atoms with Crippen LogP contribution in [-0.4, -0.2) is 16.5 Å². The first-order valence-electron chi connectivity index (χ1n) is 5.70. The van der Waals surface area contributed by atoms with Crippen molar-refractivity contribution in [2.24, 2.45) is 0 Å². The summed E-state index contributed by atoms with van der Waals surface area (Å²) in [5, 5.41) is 8.55. The van der Waals surface area contributed by atoms with Crippen LogP contribution in [0.15, 0.2) is 29.9 Å². The molecule has 0 aliphatic rings. The van der Waals surface area contributed by atoms with Crippen LogP contribution in [0.3, 0.4) is 0 Å². The van der Waals surface area contributed by atoms with Gasteiger partial charge >= 0.3 is 0 Å². The number of anilines is 2. The molecule has 0 radical (unpaired) electrons. The van der Waals surface area contributed by atoms with Gasteiger partial charge in [-0.1, -0.05) is 13.0 Å². The summed E-state index contributed by atoms with van der Waals surface area (Å²) in [6, 6.07) is 4.15. The van der Waals surface area contributed by atoms with E-state index in [4.69, 9.17) is 0 Å². The molecule has 0 aromatic carbocycles. The van der Waals surface area contributed by atoms with E-state index in [0.717, 1.165) is 31.1 Å². The van der Waals surface area contributed by atoms with Crippen LogP contribution in [0.25, 0.3) is 0 Å². The summed E-state index contributed by atoms with van der Waals surface area (Å²) >= 11 is 1.73. The molecule has 17 heavy (non-hydrogen) atoms. The normalized spacial score (nSPS) is 10.2. The minimum atomic E-state index is 0.795. The van der Waals surface area contributed by atoms with E-state index in [2.05, 4.69) is 39.0 Å².